The maximum Gasteiger partial charge on any atom is 0.255 e. The molecule has 6 heteroatoms. The standard InChI is InChI=1S/C19H22BrN3O.ClH/c1-12(2)16-5-4-13(9-17(16)20)19(24)22-15-8-14-11-23(3)7-6-18(14)21-10-15;/h4-5,8-10,12H,6-7,11H2,1-3H3,(H,22,24);1H. The quantitative estimate of drug-likeness (QED) is 0.781. The van der Waals surface area contributed by atoms with E-state index in [1.807, 2.05) is 24.3 Å². The average Bonchev–Trinajstić information content (AvgIpc) is 2.54. The van der Waals surface area contributed by atoms with Crippen LogP contribution in [0.25, 0.3) is 0 Å². The molecule has 0 spiro atoms. The first-order valence-corrected chi connectivity index (χ1v) is 9.00. The van der Waals surface area contributed by atoms with Crippen molar-refractivity contribution in [3.63, 3.8) is 0 Å². The van der Waals surface area contributed by atoms with Crippen molar-refractivity contribution < 1.29 is 4.79 Å². The van der Waals surface area contributed by atoms with E-state index in [4.69, 9.17) is 0 Å². The first kappa shape index (κ1) is 19.9. The molecule has 0 saturated heterocycles. The van der Waals surface area contributed by atoms with Gasteiger partial charge in [-0.15, -0.1) is 12.4 Å². The molecule has 1 aromatic heterocycles. The summed E-state index contributed by atoms with van der Waals surface area (Å²) in [5, 5.41) is 2.96. The van der Waals surface area contributed by atoms with E-state index < -0.39 is 0 Å². The zero-order valence-corrected chi connectivity index (χ0v) is 17.1. The number of pyridine rings is 1. The topological polar surface area (TPSA) is 45.2 Å². The first-order valence-electron chi connectivity index (χ1n) is 8.21. The molecule has 0 bridgehead atoms. The van der Waals surface area contributed by atoms with Crippen molar-refractivity contribution in [1.29, 1.82) is 0 Å². The van der Waals surface area contributed by atoms with Gasteiger partial charge in [0.2, 0.25) is 0 Å². The largest absolute Gasteiger partial charge is 0.321 e. The molecule has 1 aliphatic heterocycles. The monoisotopic (exact) mass is 423 g/mol. The van der Waals surface area contributed by atoms with E-state index in [9.17, 15) is 4.79 Å². The predicted molar refractivity (Wildman–Crippen MR) is 108 cm³/mol. The number of nitrogens with one attached hydrogen (secondary N) is 1. The summed E-state index contributed by atoms with van der Waals surface area (Å²) < 4.78 is 0.968. The molecule has 0 unspecified atom stereocenters. The Bertz CT molecular complexity index is 779. The number of carbonyl (C=O) groups excluding carboxylic acids is 1. The number of likely N-dealkylation sites (N-methyl/N-ethyl adjacent to an activating group) is 1. The summed E-state index contributed by atoms with van der Waals surface area (Å²) in [6.45, 7) is 6.17. The van der Waals surface area contributed by atoms with E-state index in [1.54, 1.807) is 6.20 Å². The molecule has 2 heterocycles. The Morgan fingerprint density at radius 1 is 1.32 bits per heavy atom. The van der Waals surface area contributed by atoms with Gasteiger partial charge < -0.3 is 10.2 Å². The number of amides is 1. The van der Waals surface area contributed by atoms with E-state index in [-0.39, 0.29) is 18.3 Å². The molecule has 4 nitrogen and oxygen atoms in total. The summed E-state index contributed by atoms with van der Waals surface area (Å²) in [6, 6.07) is 7.79. The molecule has 25 heavy (non-hydrogen) atoms. The van der Waals surface area contributed by atoms with Crippen molar-refractivity contribution in [2.75, 3.05) is 18.9 Å². The van der Waals surface area contributed by atoms with Crippen molar-refractivity contribution in [3.8, 4) is 0 Å². The lowest BCUT2D eigenvalue weighted by atomic mass is 10.0. The maximum atomic E-state index is 12.5. The molecule has 134 valence electrons. The van der Waals surface area contributed by atoms with Crippen LogP contribution in [0.15, 0.2) is 34.9 Å². The van der Waals surface area contributed by atoms with Gasteiger partial charge in [0, 0.05) is 35.2 Å². The Hall–Kier alpha value is -1.43. The first-order chi connectivity index (χ1) is 11.4. The number of hydrogen-bond donors (Lipinski definition) is 1. The number of fused-ring (bicyclic) bond motifs is 1. The predicted octanol–water partition coefficient (Wildman–Crippen LogP) is 4.63. The van der Waals surface area contributed by atoms with Gasteiger partial charge in [-0.1, -0.05) is 35.8 Å². The van der Waals surface area contributed by atoms with Crippen molar-refractivity contribution >= 4 is 39.9 Å². The number of halogens is 2. The lowest BCUT2D eigenvalue weighted by Crippen LogP contribution is -2.27. The summed E-state index contributed by atoms with van der Waals surface area (Å²) >= 11 is 3.56. The van der Waals surface area contributed by atoms with Crippen LogP contribution in [0.4, 0.5) is 5.69 Å². The van der Waals surface area contributed by atoms with E-state index in [0.717, 1.165) is 35.4 Å². The van der Waals surface area contributed by atoms with Crippen LogP contribution in [0.2, 0.25) is 0 Å². The number of hydrogen-bond acceptors (Lipinski definition) is 3. The second-order valence-electron chi connectivity index (χ2n) is 6.66. The normalized spacial score (nSPS) is 14.0. The van der Waals surface area contributed by atoms with Crippen LogP contribution in [0.5, 0.6) is 0 Å². The Morgan fingerprint density at radius 3 is 2.76 bits per heavy atom. The van der Waals surface area contributed by atoms with Gasteiger partial charge in [-0.25, -0.2) is 0 Å². The van der Waals surface area contributed by atoms with Gasteiger partial charge in [-0.2, -0.15) is 0 Å². The minimum absolute atomic E-state index is 0. The fraction of sp³-hybridized carbons (Fsp3) is 0.368. The highest BCUT2D eigenvalue weighted by molar-refractivity contribution is 9.10. The number of benzene rings is 1. The van der Waals surface area contributed by atoms with Crippen molar-refractivity contribution in [2.24, 2.45) is 0 Å². The maximum absolute atomic E-state index is 12.5. The Labute approximate surface area is 163 Å². The van der Waals surface area contributed by atoms with Crippen molar-refractivity contribution in [3.05, 3.63) is 57.3 Å². The van der Waals surface area contributed by atoms with Crippen LogP contribution in [-0.4, -0.2) is 29.4 Å². The van der Waals surface area contributed by atoms with E-state index in [2.05, 4.69) is 52.0 Å². The van der Waals surface area contributed by atoms with Gasteiger partial charge >= 0.3 is 0 Å². The molecular formula is C19H23BrClN3O. The Kier molecular flexibility index (Phi) is 6.60. The molecule has 0 radical (unpaired) electrons. The molecule has 1 aliphatic rings. The fourth-order valence-electron chi connectivity index (χ4n) is 2.98. The fourth-order valence-corrected chi connectivity index (χ4v) is 3.81. The molecule has 3 rings (SSSR count). The van der Waals surface area contributed by atoms with Crippen molar-refractivity contribution in [2.45, 2.75) is 32.7 Å². The molecular weight excluding hydrogens is 402 g/mol. The molecule has 0 atom stereocenters. The third kappa shape index (κ3) is 4.60. The highest BCUT2D eigenvalue weighted by atomic mass is 79.9. The molecule has 0 fully saturated rings. The van der Waals surface area contributed by atoms with Crippen LogP contribution in [0.1, 0.15) is 46.9 Å². The van der Waals surface area contributed by atoms with Crippen LogP contribution >= 0.6 is 28.3 Å². The number of nitrogens with zero attached hydrogens (tertiary/aromatic N) is 2. The molecule has 0 aliphatic carbocycles. The minimum atomic E-state index is -0.114. The third-order valence-corrected chi connectivity index (χ3v) is 5.06. The number of aromatic nitrogens is 1. The molecule has 2 aromatic rings. The van der Waals surface area contributed by atoms with E-state index >= 15 is 0 Å². The van der Waals surface area contributed by atoms with Gasteiger partial charge in [0.1, 0.15) is 0 Å². The lowest BCUT2D eigenvalue weighted by Gasteiger charge is -2.24. The Morgan fingerprint density at radius 2 is 2.08 bits per heavy atom. The van der Waals surface area contributed by atoms with Gasteiger partial charge in [-0.3, -0.25) is 9.78 Å². The summed E-state index contributed by atoms with van der Waals surface area (Å²) in [7, 11) is 2.10. The number of rotatable bonds is 3. The van der Waals surface area contributed by atoms with Crippen LogP contribution in [-0.2, 0) is 13.0 Å². The summed E-state index contributed by atoms with van der Waals surface area (Å²) in [6.07, 6.45) is 2.71. The van der Waals surface area contributed by atoms with Crippen LogP contribution < -0.4 is 5.32 Å². The lowest BCUT2D eigenvalue weighted by molar-refractivity contribution is 0.102. The van der Waals surface area contributed by atoms with Crippen LogP contribution in [0, 0.1) is 0 Å². The van der Waals surface area contributed by atoms with Gasteiger partial charge in [0.15, 0.2) is 0 Å². The average molecular weight is 425 g/mol. The Balaban J connectivity index is 0.00000225. The molecule has 1 N–H and O–H groups in total. The number of carbonyl (C=O) groups is 1. The summed E-state index contributed by atoms with van der Waals surface area (Å²) in [5.74, 6) is 0.301. The van der Waals surface area contributed by atoms with Crippen LogP contribution in [0.3, 0.4) is 0 Å². The summed E-state index contributed by atoms with van der Waals surface area (Å²) in [4.78, 5) is 19.3. The molecule has 1 aromatic carbocycles. The highest BCUT2D eigenvalue weighted by Crippen LogP contribution is 2.26. The third-order valence-electron chi connectivity index (χ3n) is 4.37. The number of anilines is 1. The van der Waals surface area contributed by atoms with Gasteiger partial charge in [-0.05, 0) is 42.3 Å². The van der Waals surface area contributed by atoms with E-state index in [1.165, 1.54) is 11.1 Å². The van der Waals surface area contributed by atoms with Crippen molar-refractivity contribution in [1.82, 2.24) is 9.88 Å². The molecule has 0 saturated carbocycles. The zero-order valence-electron chi connectivity index (χ0n) is 14.7. The SMILES string of the molecule is CC(C)c1ccc(C(=O)Nc2cnc3c(c2)CN(C)CC3)cc1Br.Cl. The van der Waals surface area contributed by atoms with E-state index in [0.29, 0.717) is 11.5 Å². The minimum Gasteiger partial charge on any atom is -0.321 e. The van der Waals surface area contributed by atoms with Gasteiger partial charge in [0.25, 0.3) is 5.91 Å². The second-order valence-corrected chi connectivity index (χ2v) is 7.52. The molecule has 1 amide bonds. The summed E-state index contributed by atoms with van der Waals surface area (Å²) in [5.41, 5.74) is 4.91. The zero-order chi connectivity index (χ0) is 17.3. The second kappa shape index (κ2) is 8.30. The van der Waals surface area contributed by atoms with Gasteiger partial charge in [0.05, 0.1) is 11.9 Å². The smallest absolute Gasteiger partial charge is 0.255 e. The highest BCUT2D eigenvalue weighted by Gasteiger charge is 2.16.